The second-order valence-corrected chi connectivity index (χ2v) is 3.09. The average molecular weight is 183 g/mol. The van der Waals surface area contributed by atoms with E-state index >= 15 is 0 Å². The number of benzene rings is 1. The predicted molar refractivity (Wildman–Crippen MR) is 53.9 cm³/mol. The van der Waals surface area contributed by atoms with Crippen LogP contribution in [0.5, 0.6) is 5.75 Å². The molecular weight excluding hydrogens is 170 g/mol. The summed E-state index contributed by atoms with van der Waals surface area (Å²) < 4.78 is 5.39. The van der Waals surface area contributed by atoms with Crippen molar-refractivity contribution in [2.45, 2.75) is 18.2 Å². The van der Waals surface area contributed by atoms with Crippen LogP contribution in [0.2, 0.25) is 0 Å². The van der Waals surface area contributed by atoms with E-state index in [1.807, 2.05) is 12.1 Å². The fraction of sp³-hybridized carbons (Fsp3) is 0.333. The number of hydrogen-bond donors (Lipinski definition) is 2. The Labute approximate surface area is 78.1 Å². The molecule has 0 unspecified atom stereocenters. The summed E-state index contributed by atoms with van der Waals surface area (Å²) in [4.78, 5) is 0.871. The van der Waals surface area contributed by atoms with Crippen LogP contribution in [0.4, 0.5) is 5.69 Å². The number of ether oxygens (including phenoxy) is 1. The minimum absolute atomic E-state index is 0.668. The van der Waals surface area contributed by atoms with Gasteiger partial charge in [0.25, 0.3) is 0 Å². The van der Waals surface area contributed by atoms with E-state index in [2.05, 4.69) is 19.6 Å². The molecule has 0 aliphatic carbocycles. The summed E-state index contributed by atoms with van der Waals surface area (Å²) in [7, 11) is 0. The van der Waals surface area contributed by atoms with Gasteiger partial charge in [0.2, 0.25) is 0 Å². The third-order valence-electron chi connectivity index (χ3n) is 1.46. The van der Waals surface area contributed by atoms with Gasteiger partial charge >= 0.3 is 0 Å². The molecular formula is C9H13NOS. The molecule has 0 aliphatic rings. The predicted octanol–water partition coefficient (Wildman–Crippen LogP) is 2.35. The molecule has 1 rings (SSSR count). The molecule has 1 aromatic rings. The van der Waals surface area contributed by atoms with Crippen LogP contribution in [0.3, 0.4) is 0 Å². The third kappa shape index (κ3) is 2.34. The Hall–Kier alpha value is -0.830. The van der Waals surface area contributed by atoms with E-state index in [9.17, 15) is 0 Å². The standard InChI is InChI=1S/C9H13NOS/c1-2-5-11-9-6-7(12)3-4-8(9)10/h3-4,6,12H,2,5,10H2,1H3. The first-order valence-electron chi connectivity index (χ1n) is 3.95. The van der Waals surface area contributed by atoms with Gasteiger partial charge in [0.15, 0.2) is 0 Å². The number of anilines is 1. The molecule has 1 aromatic carbocycles. The monoisotopic (exact) mass is 183 g/mol. The third-order valence-corrected chi connectivity index (χ3v) is 1.74. The van der Waals surface area contributed by atoms with Gasteiger partial charge in [-0.25, -0.2) is 0 Å². The van der Waals surface area contributed by atoms with E-state index in [-0.39, 0.29) is 0 Å². The number of hydrogen-bond acceptors (Lipinski definition) is 3. The lowest BCUT2D eigenvalue weighted by molar-refractivity contribution is 0.318. The Morgan fingerprint density at radius 3 is 2.92 bits per heavy atom. The Morgan fingerprint density at radius 1 is 1.50 bits per heavy atom. The molecule has 0 bridgehead atoms. The van der Waals surface area contributed by atoms with Crippen LogP contribution in [-0.4, -0.2) is 6.61 Å². The van der Waals surface area contributed by atoms with Gasteiger partial charge in [0.05, 0.1) is 12.3 Å². The second kappa shape index (κ2) is 4.26. The van der Waals surface area contributed by atoms with Crippen LogP contribution in [0, 0.1) is 0 Å². The van der Waals surface area contributed by atoms with Crippen molar-refractivity contribution in [2.24, 2.45) is 0 Å². The van der Waals surface area contributed by atoms with Crippen molar-refractivity contribution < 1.29 is 4.74 Å². The molecule has 66 valence electrons. The van der Waals surface area contributed by atoms with Gasteiger partial charge in [-0.05, 0) is 24.6 Å². The summed E-state index contributed by atoms with van der Waals surface area (Å²) in [6.45, 7) is 2.75. The Balaban J connectivity index is 2.75. The van der Waals surface area contributed by atoms with Crippen LogP contribution in [0.15, 0.2) is 23.1 Å². The number of rotatable bonds is 3. The molecule has 0 saturated heterocycles. The van der Waals surface area contributed by atoms with Crippen LogP contribution in [-0.2, 0) is 0 Å². The second-order valence-electron chi connectivity index (χ2n) is 2.57. The maximum Gasteiger partial charge on any atom is 0.143 e. The number of thiol groups is 1. The van der Waals surface area contributed by atoms with E-state index in [0.717, 1.165) is 17.1 Å². The highest BCUT2D eigenvalue weighted by Crippen LogP contribution is 2.24. The van der Waals surface area contributed by atoms with Crippen LogP contribution in [0.1, 0.15) is 13.3 Å². The largest absolute Gasteiger partial charge is 0.491 e. The van der Waals surface area contributed by atoms with Gasteiger partial charge in [-0.1, -0.05) is 6.92 Å². The molecule has 0 saturated carbocycles. The minimum Gasteiger partial charge on any atom is -0.491 e. The lowest BCUT2D eigenvalue weighted by Gasteiger charge is -2.07. The minimum atomic E-state index is 0.668. The van der Waals surface area contributed by atoms with E-state index in [4.69, 9.17) is 10.5 Å². The van der Waals surface area contributed by atoms with Gasteiger partial charge < -0.3 is 10.5 Å². The van der Waals surface area contributed by atoms with E-state index in [1.54, 1.807) is 6.07 Å². The molecule has 12 heavy (non-hydrogen) atoms. The van der Waals surface area contributed by atoms with Crippen molar-refractivity contribution in [1.29, 1.82) is 0 Å². The number of nitrogen functional groups attached to an aromatic ring is 1. The van der Waals surface area contributed by atoms with Gasteiger partial charge in [0.1, 0.15) is 5.75 Å². The van der Waals surface area contributed by atoms with E-state index in [0.29, 0.717) is 12.3 Å². The Bertz CT molecular complexity index is 263. The lowest BCUT2D eigenvalue weighted by atomic mass is 10.3. The van der Waals surface area contributed by atoms with Gasteiger partial charge in [-0.2, -0.15) is 0 Å². The molecule has 0 atom stereocenters. The average Bonchev–Trinajstić information content (AvgIpc) is 2.07. The van der Waals surface area contributed by atoms with Gasteiger partial charge in [0, 0.05) is 4.90 Å². The zero-order valence-corrected chi connectivity index (χ0v) is 7.97. The molecule has 0 amide bonds. The van der Waals surface area contributed by atoms with Crippen molar-refractivity contribution in [3.8, 4) is 5.75 Å². The van der Waals surface area contributed by atoms with Gasteiger partial charge in [-0.15, -0.1) is 12.6 Å². The zero-order valence-electron chi connectivity index (χ0n) is 7.08. The fourth-order valence-corrected chi connectivity index (χ4v) is 1.05. The van der Waals surface area contributed by atoms with E-state index < -0.39 is 0 Å². The number of nitrogens with two attached hydrogens (primary N) is 1. The topological polar surface area (TPSA) is 35.2 Å². The van der Waals surface area contributed by atoms with Crippen molar-refractivity contribution in [2.75, 3.05) is 12.3 Å². The summed E-state index contributed by atoms with van der Waals surface area (Å²) in [5.74, 6) is 0.726. The molecule has 0 heterocycles. The van der Waals surface area contributed by atoms with Crippen molar-refractivity contribution in [1.82, 2.24) is 0 Å². The van der Waals surface area contributed by atoms with E-state index in [1.165, 1.54) is 0 Å². The fourth-order valence-electron chi connectivity index (χ4n) is 0.860. The van der Waals surface area contributed by atoms with Crippen molar-refractivity contribution >= 4 is 18.3 Å². The Morgan fingerprint density at radius 2 is 2.25 bits per heavy atom. The maximum absolute atomic E-state index is 5.67. The molecule has 2 nitrogen and oxygen atoms in total. The smallest absolute Gasteiger partial charge is 0.143 e. The highest BCUT2D eigenvalue weighted by molar-refractivity contribution is 7.80. The molecule has 0 aliphatic heterocycles. The molecule has 0 fully saturated rings. The first kappa shape index (κ1) is 9.26. The lowest BCUT2D eigenvalue weighted by Crippen LogP contribution is -1.98. The Kier molecular flexibility index (Phi) is 3.29. The zero-order chi connectivity index (χ0) is 8.97. The normalized spacial score (nSPS) is 9.83. The highest BCUT2D eigenvalue weighted by atomic mass is 32.1. The molecule has 0 radical (unpaired) electrons. The first-order chi connectivity index (χ1) is 5.74. The first-order valence-corrected chi connectivity index (χ1v) is 4.40. The molecule has 0 aromatic heterocycles. The summed E-state index contributed by atoms with van der Waals surface area (Å²) >= 11 is 4.19. The summed E-state index contributed by atoms with van der Waals surface area (Å²) in [5.41, 5.74) is 6.34. The molecule has 3 heteroatoms. The highest BCUT2D eigenvalue weighted by Gasteiger charge is 1.98. The van der Waals surface area contributed by atoms with Crippen LogP contribution < -0.4 is 10.5 Å². The van der Waals surface area contributed by atoms with Crippen LogP contribution in [0.25, 0.3) is 0 Å². The SMILES string of the molecule is CCCOc1cc(S)ccc1N. The summed E-state index contributed by atoms with van der Waals surface area (Å²) in [5, 5.41) is 0. The summed E-state index contributed by atoms with van der Waals surface area (Å²) in [6, 6.07) is 5.47. The van der Waals surface area contributed by atoms with Crippen LogP contribution >= 0.6 is 12.6 Å². The molecule has 2 N–H and O–H groups in total. The van der Waals surface area contributed by atoms with Crippen molar-refractivity contribution in [3.63, 3.8) is 0 Å². The van der Waals surface area contributed by atoms with Crippen molar-refractivity contribution in [3.05, 3.63) is 18.2 Å². The summed E-state index contributed by atoms with van der Waals surface area (Å²) in [6.07, 6.45) is 0.982. The quantitative estimate of drug-likeness (QED) is 0.557. The maximum atomic E-state index is 5.67. The molecule has 0 spiro atoms. The van der Waals surface area contributed by atoms with Gasteiger partial charge in [-0.3, -0.25) is 0 Å².